The number of anilines is 2. The minimum absolute atomic E-state index is 0.00948. The fourth-order valence-electron chi connectivity index (χ4n) is 1.72. The molecule has 0 radical (unpaired) electrons. The Hall–Kier alpha value is -1.29. The average Bonchev–Trinajstić information content (AvgIpc) is 2.59. The maximum Gasteiger partial charge on any atom is 0.126 e. The summed E-state index contributed by atoms with van der Waals surface area (Å²) in [5, 5.41) is 3.39. The summed E-state index contributed by atoms with van der Waals surface area (Å²) >= 11 is 0. The molecule has 0 amide bonds. The van der Waals surface area contributed by atoms with Crippen LogP contribution >= 0.6 is 0 Å². The molecule has 1 aromatic heterocycles. The van der Waals surface area contributed by atoms with Crippen LogP contribution in [-0.4, -0.2) is 23.7 Å². The van der Waals surface area contributed by atoms with Gasteiger partial charge in [-0.1, -0.05) is 0 Å². The van der Waals surface area contributed by atoms with Crippen LogP contribution in [0.4, 0.5) is 11.5 Å². The summed E-state index contributed by atoms with van der Waals surface area (Å²) in [4.78, 5) is 4.39. The number of nitrogens with one attached hydrogen (secondary N) is 1. The number of hydrogen-bond donors (Lipinski definition) is 2. The fraction of sp³-hybridized carbons (Fsp3) is 0.545. The highest BCUT2D eigenvalue weighted by Gasteiger charge is 2.29. The molecule has 1 atom stereocenters. The van der Waals surface area contributed by atoms with Crippen molar-refractivity contribution in [2.75, 3.05) is 24.3 Å². The second-order valence-corrected chi connectivity index (χ2v) is 4.36. The molecule has 0 spiro atoms. The molecule has 0 bridgehead atoms. The highest BCUT2D eigenvalue weighted by molar-refractivity contribution is 5.50. The zero-order chi connectivity index (χ0) is 10.9. The summed E-state index contributed by atoms with van der Waals surface area (Å²) < 4.78 is 5.37. The molecule has 1 aliphatic rings. The van der Waals surface area contributed by atoms with Gasteiger partial charge in [0.1, 0.15) is 5.82 Å². The van der Waals surface area contributed by atoms with Gasteiger partial charge in [-0.05, 0) is 32.4 Å². The van der Waals surface area contributed by atoms with E-state index >= 15 is 0 Å². The Labute approximate surface area is 89.8 Å². The molecule has 4 nitrogen and oxygen atoms in total. The van der Waals surface area contributed by atoms with Gasteiger partial charge in [0, 0.05) is 6.61 Å². The molecule has 1 aromatic rings. The van der Waals surface area contributed by atoms with E-state index in [9.17, 15) is 0 Å². The van der Waals surface area contributed by atoms with Gasteiger partial charge in [-0.25, -0.2) is 4.98 Å². The van der Waals surface area contributed by atoms with Gasteiger partial charge in [0.15, 0.2) is 0 Å². The Kier molecular flexibility index (Phi) is 2.52. The van der Waals surface area contributed by atoms with Crippen LogP contribution < -0.4 is 11.1 Å². The molecular formula is C11H17N3O. The third-order valence-corrected chi connectivity index (χ3v) is 2.78. The Bertz CT molecular complexity index is 359. The number of hydrogen-bond acceptors (Lipinski definition) is 4. The Morgan fingerprint density at radius 3 is 2.93 bits per heavy atom. The second kappa shape index (κ2) is 3.70. The van der Waals surface area contributed by atoms with Crippen molar-refractivity contribution in [3.63, 3.8) is 0 Å². The Balaban J connectivity index is 2.13. The maximum atomic E-state index is 5.71. The third-order valence-electron chi connectivity index (χ3n) is 2.78. The van der Waals surface area contributed by atoms with E-state index in [0.29, 0.717) is 0 Å². The highest BCUT2D eigenvalue weighted by Crippen LogP contribution is 2.23. The molecule has 0 aliphatic carbocycles. The van der Waals surface area contributed by atoms with E-state index in [2.05, 4.69) is 17.2 Å². The summed E-state index contributed by atoms with van der Waals surface area (Å²) in [6, 6.07) is 3.79. The smallest absolute Gasteiger partial charge is 0.126 e. The second-order valence-electron chi connectivity index (χ2n) is 4.36. The lowest BCUT2D eigenvalue weighted by Gasteiger charge is -2.24. The van der Waals surface area contributed by atoms with E-state index < -0.39 is 0 Å². The number of nitrogens with two attached hydrogens (primary N) is 1. The molecule has 3 N–H and O–H groups in total. The van der Waals surface area contributed by atoms with Crippen LogP contribution in [0.25, 0.3) is 0 Å². The highest BCUT2D eigenvalue weighted by atomic mass is 16.5. The lowest BCUT2D eigenvalue weighted by Crippen LogP contribution is -2.35. The molecule has 15 heavy (non-hydrogen) atoms. The average molecular weight is 207 g/mol. The third kappa shape index (κ3) is 2.21. The molecule has 1 unspecified atom stereocenters. The van der Waals surface area contributed by atoms with Crippen molar-refractivity contribution in [3.8, 4) is 0 Å². The van der Waals surface area contributed by atoms with Crippen LogP contribution in [0.5, 0.6) is 0 Å². The van der Waals surface area contributed by atoms with Crippen molar-refractivity contribution in [1.82, 2.24) is 4.98 Å². The maximum absolute atomic E-state index is 5.71. The number of nitrogen functional groups attached to an aromatic ring is 1. The molecule has 0 saturated carbocycles. The van der Waals surface area contributed by atoms with E-state index in [0.717, 1.165) is 36.8 Å². The van der Waals surface area contributed by atoms with E-state index in [4.69, 9.17) is 10.5 Å². The van der Waals surface area contributed by atoms with Gasteiger partial charge < -0.3 is 15.8 Å². The van der Waals surface area contributed by atoms with E-state index in [1.165, 1.54) is 0 Å². The molecule has 1 aliphatic heterocycles. The molecule has 2 rings (SSSR count). The summed E-state index contributed by atoms with van der Waals surface area (Å²) in [7, 11) is 0. The molecule has 1 saturated heterocycles. The lowest BCUT2D eigenvalue weighted by atomic mass is 10.0. The van der Waals surface area contributed by atoms with Crippen molar-refractivity contribution in [1.29, 1.82) is 0 Å². The van der Waals surface area contributed by atoms with Crippen molar-refractivity contribution < 1.29 is 4.74 Å². The zero-order valence-electron chi connectivity index (χ0n) is 9.21. The van der Waals surface area contributed by atoms with E-state index in [1.807, 2.05) is 19.1 Å². The minimum atomic E-state index is 0.00948. The van der Waals surface area contributed by atoms with Gasteiger partial charge in [-0.15, -0.1) is 0 Å². The number of aryl methyl sites for hydroxylation is 1. The normalized spacial score (nSPS) is 25.5. The minimum Gasteiger partial charge on any atom is -0.397 e. The summed E-state index contributed by atoms with van der Waals surface area (Å²) in [6.45, 7) is 5.61. The van der Waals surface area contributed by atoms with Crippen molar-refractivity contribution >= 4 is 11.5 Å². The van der Waals surface area contributed by atoms with Gasteiger partial charge in [-0.2, -0.15) is 0 Å². The number of ether oxygens (including phenoxy) is 1. The lowest BCUT2D eigenvalue weighted by molar-refractivity contribution is 0.185. The van der Waals surface area contributed by atoms with Crippen molar-refractivity contribution in [2.45, 2.75) is 25.8 Å². The first kappa shape index (κ1) is 10.2. The van der Waals surface area contributed by atoms with E-state index in [-0.39, 0.29) is 5.54 Å². The molecule has 82 valence electrons. The summed E-state index contributed by atoms with van der Waals surface area (Å²) in [6.07, 6.45) is 1.01. The largest absolute Gasteiger partial charge is 0.397 e. The number of nitrogens with zero attached hydrogens (tertiary/aromatic N) is 1. The quantitative estimate of drug-likeness (QED) is 0.772. The predicted octanol–water partition coefficient (Wildman–Crippen LogP) is 1.56. The summed E-state index contributed by atoms with van der Waals surface area (Å²) in [5.41, 5.74) is 7.32. The number of pyridine rings is 1. The first-order chi connectivity index (χ1) is 7.09. The van der Waals surface area contributed by atoms with Crippen molar-refractivity contribution in [2.24, 2.45) is 0 Å². The van der Waals surface area contributed by atoms with Crippen LogP contribution in [0.15, 0.2) is 12.1 Å². The van der Waals surface area contributed by atoms with Crippen LogP contribution in [0.1, 0.15) is 19.0 Å². The standard InChI is InChI=1S/C11H17N3O/c1-8-9(12)3-4-10(13-8)14-11(2)5-6-15-7-11/h3-4H,5-7,12H2,1-2H3,(H,13,14). The van der Waals surface area contributed by atoms with Crippen LogP contribution in [0.3, 0.4) is 0 Å². The monoisotopic (exact) mass is 207 g/mol. The van der Waals surface area contributed by atoms with Crippen molar-refractivity contribution in [3.05, 3.63) is 17.8 Å². The Morgan fingerprint density at radius 2 is 2.33 bits per heavy atom. The zero-order valence-corrected chi connectivity index (χ0v) is 9.21. The van der Waals surface area contributed by atoms with Crippen LogP contribution in [-0.2, 0) is 4.74 Å². The van der Waals surface area contributed by atoms with Crippen LogP contribution in [0.2, 0.25) is 0 Å². The first-order valence-electron chi connectivity index (χ1n) is 5.18. The molecule has 0 aromatic carbocycles. The topological polar surface area (TPSA) is 60.2 Å². The fourth-order valence-corrected chi connectivity index (χ4v) is 1.72. The molecule has 4 heteroatoms. The first-order valence-corrected chi connectivity index (χ1v) is 5.18. The molecule has 2 heterocycles. The van der Waals surface area contributed by atoms with E-state index in [1.54, 1.807) is 0 Å². The Morgan fingerprint density at radius 1 is 1.53 bits per heavy atom. The van der Waals surface area contributed by atoms with Gasteiger partial charge in [-0.3, -0.25) is 0 Å². The van der Waals surface area contributed by atoms with Crippen LogP contribution in [0, 0.1) is 6.92 Å². The number of aromatic nitrogens is 1. The number of rotatable bonds is 2. The molecular weight excluding hydrogens is 190 g/mol. The van der Waals surface area contributed by atoms with Gasteiger partial charge in [0.05, 0.1) is 23.5 Å². The molecule has 1 fully saturated rings. The van der Waals surface area contributed by atoms with Gasteiger partial charge in [0.25, 0.3) is 0 Å². The van der Waals surface area contributed by atoms with Gasteiger partial charge in [0.2, 0.25) is 0 Å². The summed E-state index contributed by atoms with van der Waals surface area (Å²) in [5.74, 6) is 0.870. The predicted molar refractivity (Wildman–Crippen MR) is 60.9 cm³/mol. The van der Waals surface area contributed by atoms with Gasteiger partial charge >= 0.3 is 0 Å². The SMILES string of the molecule is Cc1nc(NC2(C)CCOC2)ccc1N.